The van der Waals surface area contributed by atoms with Gasteiger partial charge in [0.1, 0.15) is 5.60 Å². The molecule has 0 spiro atoms. The van der Waals surface area contributed by atoms with Crippen molar-refractivity contribution in [3.8, 4) is 0 Å². The van der Waals surface area contributed by atoms with Crippen LogP contribution in [0.1, 0.15) is 47.0 Å². The summed E-state index contributed by atoms with van der Waals surface area (Å²) in [4.78, 5) is 27.9. The van der Waals surface area contributed by atoms with E-state index in [1.54, 1.807) is 32.3 Å². The van der Waals surface area contributed by atoms with E-state index >= 15 is 0 Å². The number of nitrogens with zero attached hydrogens (tertiary/aromatic N) is 1. The molecule has 8 heteroatoms. The van der Waals surface area contributed by atoms with Gasteiger partial charge >= 0.3 is 6.09 Å². The number of anilines is 1. The lowest BCUT2D eigenvalue weighted by Crippen LogP contribution is -2.49. The molecule has 1 rings (SSSR count). The largest absolute Gasteiger partial charge is 0.444 e. The van der Waals surface area contributed by atoms with Crippen LogP contribution in [0.3, 0.4) is 0 Å². The smallest absolute Gasteiger partial charge is 0.407 e. The third kappa shape index (κ3) is 7.43. The fraction of sp³-hybridized carbons (Fsp3) is 0.667. The van der Waals surface area contributed by atoms with Gasteiger partial charge in [-0.2, -0.15) is 0 Å². The highest BCUT2D eigenvalue weighted by molar-refractivity contribution is 7.13. The predicted octanol–water partition coefficient (Wildman–Crippen LogP) is 2.53. The Morgan fingerprint density at radius 1 is 1.43 bits per heavy atom. The number of rotatable bonds is 7. The van der Waals surface area contributed by atoms with Gasteiger partial charge in [0.15, 0.2) is 11.2 Å². The molecule has 2 amide bonds. The molecule has 1 aromatic heterocycles. The maximum Gasteiger partial charge on any atom is 0.407 e. The maximum atomic E-state index is 12.1. The number of amides is 2. The van der Waals surface area contributed by atoms with E-state index in [0.717, 1.165) is 12.8 Å². The van der Waals surface area contributed by atoms with Crippen molar-refractivity contribution >= 4 is 28.5 Å². The first-order chi connectivity index (χ1) is 10.7. The summed E-state index contributed by atoms with van der Waals surface area (Å²) in [6.45, 7) is 7.24. The Bertz CT molecular complexity index is 499. The van der Waals surface area contributed by atoms with Crippen LogP contribution in [-0.2, 0) is 9.53 Å². The molecule has 0 saturated carbocycles. The first-order valence-electron chi connectivity index (χ1n) is 7.61. The number of hydrogen-bond donors (Lipinski definition) is 3. The van der Waals surface area contributed by atoms with Gasteiger partial charge in [0, 0.05) is 11.6 Å². The normalized spacial score (nSPS) is 14.0. The Kier molecular flexibility index (Phi) is 7.44. The fourth-order valence-corrected chi connectivity index (χ4v) is 2.37. The number of ether oxygens (including phenoxy) is 1. The van der Waals surface area contributed by atoms with Crippen LogP contribution in [0.15, 0.2) is 11.6 Å². The molecule has 2 atom stereocenters. The number of aliphatic hydroxyl groups is 1. The van der Waals surface area contributed by atoms with Gasteiger partial charge in [-0.15, -0.1) is 11.3 Å². The second-order valence-electron chi connectivity index (χ2n) is 6.17. The van der Waals surface area contributed by atoms with Crippen LogP contribution in [0, 0.1) is 0 Å². The van der Waals surface area contributed by atoms with Crippen LogP contribution in [0.4, 0.5) is 9.93 Å². The van der Waals surface area contributed by atoms with Gasteiger partial charge in [-0.3, -0.25) is 10.1 Å². The van der Waals surface area contributed by atoms with Crippen molar-refractivity contribution in [3.05, 3.63) is 11.6 Å². The van der Waals surface area contributed by atoms with Gasteiger partial charge in [-0.1, -0.05) is 19.8 Å². The molecule has 0 unspecified atom stereocenters. The minimum atomic E-state index is -1.38. The molecule has 130 valence electrons. The Labute approximate surface area is 140 Å². The molecule has 0 radical (unpaired) electrons. The minimum absolute atomic E-state index is 0.403. The molecular weight excluding hydrogens is 318 g/mol. The molecule has 0 aliphatic carbocycles. The highest BCUT2D eigenvalue weighted by Crippen LogP contribution is 2.14. The summed E-state index contributed by atoms with van der Waals surface area (Å²) >= 11 is 1.25. The first-order valence-corrected chi connectivity index (χ1v) is 8.49. The molecular formula is C15H25N3O4S. The summed E-state index contributed by atoms with van der Waals surface area (Å²) in [5.74, 6) is -0.600. The van der Waals surface area contributed by atoms with E-state index < -0.39 is 29.7 Å². The third-order valence-corrected chi connectivity index (χ3v) is 3.57. The summed E-state index contributed by atoms with van der Waals surface area (Å²) in [6, 6.07) is -0.718. The van der Waals surface area contributed by atoms with Crippen molar-refractivity contribution in [1.29, 1.82) is 0 Å². The SMILES string of the molecule is CCCC[C@H](NC(=O)OC(C)(C)C)[C@H](O)C(=O)Nc1nccs1. The number of unbranched alkanes of at least 4 members (excludes halogenated alkanes) is 1. The summed E-state index contributed by atoms with van der Waals surface area (Å²) in [6.07, 6.45) is 1.65. The number of alkyl carbamates (subject to hydrolysis) is 1. The monoisotopic (exact) mass is 343 g/mol. The van der Waals surface area contributed by atoms with Crippen LogP contribution in [0.2, 0.25) is 0 Å². The summed E-state index contributed by atoms with van der Waals surface area (Å²) < 4.78 is 5.18. The lowest BCUT2D eigenvalue weighted by molar-refractivity contribution is -0.125. The second-order valence-corrected chi connectivity index (χ2v) is 7.06. The van der Waals surface area contributed by atoms with E-state index in [0.29, 0.717) is 11.6 Å². The molecule has 23 heavy (non-hydrogen) atoms. The predicted molar refractivity (Wildman–Crippen MR) is 89.4 cm³/mol. The Hall–Kier alpha value is -1.67. The molecule has 1 aromatic rings. The summed E-state index contributed by atoms with van der Waals surface area (Å²) in [5, 5.41) is 17.5. The van der Waals surface area contributed by atoms with Crippen LogP contribution in [-0.4, -0.2) is 39.8 Å². The zero-order chi connectivity index (χ0) is 17.5. The maximum absolute atomic E-state index is 12.1. The number of nitrogens with one attached hydrogen (secondary N) is 2. The summed E-state index contributed by atoms with van der Waals surface area (Å²) in [7, 11) is 0. The number of aliphatic hydroxyl groups excluding tert-OH is 1. The van der Waals surface area contributed by atoms with E-state index in [1.165, 1.54) is 11.3 Å². The molecule has 0 saturated heterocycles. The standard InChI is InChI=1S/C15H25N3O4S/c1-5-6-7-10(17-14(21)22-15(2,3)4)11(19)12(20)18-13-16-8-9-23-13/h8-11,19H,5-7H2,1-4H3,(H,17,21)(H,16,18,20)/t10-,11-/m0/s1. The van der Waals surface area contributed by atoms with E-state index in [1.807, 2.05) is 6.92 Å². The highest BCUT2D eigenvalue weighted by atomic mass is 32.1. The molecule has 0 aromatic carbocycles. The number of carbonyl (C=O) groups excluding carboxylic acids is 2. The van der Waals surface area contributed by atoms with E-state index in [9.17, 15) is 14.7 Å². The zero-order valence-corrected chi connectivity index (χ0v) is 14.8. The summed E-state index contributed by atoms with van der Waals surface area (Å²) in [5.41, 5.74) is -0.645. The minimum Gasteiger partial charge on any atom is -0.444 e. The molecule has 0 aliphatic rings. The van der Waals surface area contributed by atoms with Crippen LogP contribution >= 0.6 is 11.3 Å². The molecule has 0 aliphatic heterocycles. The van der Waals surface area contributed by atoms with Gasteiger partial charge in [-0.05, 0) is 27.2 Å². The third-order valence-electron chi connectivity index (χ3n) is 2.88. The number of aromatic nitrogens is 1. The topological polar surface area (TPSA) is 101 Å². The molecule has 0 fully saturated rings. The Morgan fingerprint density at radius 2 is 2.13 bits per heavy atom. The van der Waals surface area contributed by atoms with Gasteiger partial charge in [-0.25, -0.2) is 9.78 Å². The van der Waals surface area contributed by atoms with Crippen molar-refractivity contribution < 1.29 is 19.4 Å². The number of carbonyl (C=O) groups is 2. The van der Waals surface area contributed by atoms with Gasteiger partial charge in [0.2, 0.25) is 0 Å². The number of thiazole rings is 1. The van der Waals surface area contributed by atoms with E-state index in [-0.39, 0.29) is 0 Å². The van der Waals surface area contributed by atoms with Crippen molar-refractivity contribution in [2.75, 3.05) is 5.32 Å². The molecule has 1 heterocycles. The molecule has 3 N–H and O–H groups in total. The second kappa shape index (κ2) is 8.83. The van der Waals surface area contributed by atoms with Crippen molar-refractivity contribution in [3.63, 3.8) is 0 Å². The van der Waals surface area contributed by atoms with E-state index in [4.69, 9.17) is 4.74 Å². The Morgan fingerprint density at radius 3 is 2.65 bits per heavy atom. The van der Waals surface area contributed by atoms with Crippen molar-refractivity contribution in [2.24, 2.45) is 0 Å². The Balaban J connectivity index is 2.67. The molecule has 7 nitrogen and oxygen atoms in total. The van der Waals surface area contributed by atoms with Gasteiger partial charge in [0.25, 0.3) is 5.91 Å². The van der Waals surface area contributed by atoms with Crippen molar-refractivity contribution in [2.45, 2.75) is 64.7 Å². The first kappa shape index (κ1) is 19.4. The van der Waals surface area contributed by atoms with Crippen molar-refractivity contribution in [1.82, 2.24) is 10.3 Å². The lowest BCUT2D eigenvalue weighted by atomic mass is 10.0. The average molecular weight is 343 g/mol. The quantitative estimate of drug-likeness (QED) is 0.706. The van der Waals surface area contributed by atoms with Crippen LogP contribution < -0.4 is 10.6 Å². The number of hydrogen-bond acceptors (Lipinski definition) is 6. The average Bonchev–Trinajstić information content (AvgIpc) is 2.93. The lowest BCUT2D eigenvalue weighted by Gasteiger charge is -2.26. The van der Waals surface area contributed by atoms with E-state index in [2.05, 4.69) is 15.6 Å². The highest BCUT2D eigenvalue weighted by Gasteiger charge is 2.29. The van der Waals surface area contributed by atoms with Gasteiger partial charge in [0.05, 0.1) is 6.04 Å². The molecule has 0 bridgehead atoms. The fourth-order valence-electron chi connectivity index (χ4n) is 1.84. The van der Waals surface area contributed by atoms with Gasteiger partial charge < -0.3 is 15.2 Å². The van der Waals surface area contributed by atoms with Crippen LogP contribution in [0.5, 0.6) is 0 Å². The van der Waals surface area contributed by atoms with Crippen LogP contribution in [0.25, 0.3) is 0 Å². The zero-order valence-electron chi connectivity index (χ0n) is 14.0.